The van der Waals surface area contributed by atoms with Crippen LogP contribution in [0.15, 0.2) is 12.4 Å². The summed E-state index contributed by atoms with van der Waals surface area (Å²) in [5, 5.41) is 0. The van der Waals surface area contributed by atoms with E-state index in [1.54, 1.807) is 0 Å². The summed E-state index contributed by atoms with van der Waals surface area (Å²) < 4.78 is 0.504. The SMILES string of the molecule is Br.CCCCN1C=C[N+](C)(N)C1. The molecule has 3 nitrogen and oxygen atoms in total. The molecule has 0 amide bonds. The highest BCUT2D eigenvalue weighted by molar-refractivity contribution is 8.93. The van der Waals surface area contributed by atoms with Gasteiger partial charge in [0.05, 0.1) is 13.2 Å². The van der Waals surface area contributed by atoms with Crippen molar-refractivity contribution in [3.63, 3.8) is 0 Å². The third-order valence-corrected chi connectivity index (χ3v) is 1.90. The fourth-order valence-electron chi connectivity index (χ4n) is 1.24. The molecule has 0 aliphatic carbocycles. The Morgan fingerprint density at radius 1 is 1.58 bits per heavy atom. The molecule has 2 N–H and O–H groups in total. The van der Waals surface area contributed by atoms with Crippen molar-refractivity contribution in [2.75, 3.05) is 20.3 Å². The van der Waals surface area contributed by atoms with Crippen LogP contribution in [0.5, 0.6) is 0 Å². The highest BCUT2D eigenvalue weighted by atomic mass is 79.9. The van der Waals surface area contributed by atoms with E-state index in [1.807, 2.05) is 13.2 Å². The first-order chi connectivity index (χ1) is 5.14. The number of hydrogen-bond donors (Lipinski definition) is 1. The largest absolute Gasteiger partial charge is 0.325 e. The first kappa shape index (κ1) is 11.9. The first-order valence-electron chi connectivity index (χ1n) is 4.21. The van der Waals surface area contributed by atoms with Crippen LogP contribution < -0.4 is 5.84 Å². The molecule has 0 aromatic carbocycles. The van der Waals surface area contributed by atoms with E-state index in [-0.39, 0.29) is 17.0 Å². The fourth-order valence-corrected chi connectivity index (χ4v) is 1.24. The third kappa shape index (κ3) is 3.56. The van der Waals surface area contributed by atoms with Crippen LogP contribution in [0, 0.1) is 0 Å². The second-order valence-corrected chi connectivity index (χ2v) is 3.45. The molecule has 1 unspecified atom stereocenters. The molecule has 1 aliphatic heterocycles. The Kier molecular flexibility index (Phi) is 4.82. The summed E-state index contributed by atoms with van der Waals surface area (Å²) >= 11 is 0. The minimum absolute atomic E-state index is 0. The second kappa shape index (κ2) is 4.84. The Morgan fingerprint density at radius 3 is 2.67 bits per heavy atom. The number of nitrogens with zero attached hydrogens (tertiary/aromatic N) is 2. The van der Waals surface area contributed by atoms with Gasteiger partial charge in [-0.2, -0.15) is 5.84 Å². The van der Waals surface area contributed by atoms with Crippen molar-refractivity contribution in [1.29, 1.82) is 0 Å². The summed E-state index contributed by atoms with van der Waals surface area (Å²) in [4.78, 5) is 2.27. The predicted octanol–water partition coefficient (Wildman–Crippen LogP) is 1.43. The summed E-state index contributed by atoms with van der Waals surface area (Å²) in [6.07, 6.45) is 6.62. The van der Waals surface area contributed by atoms with Gasteiger partial charge in [0.15, 0.2) is 6.67 Å². The number of unbranched alkanes of at least 4 members (excludes halogenated alkanes) is 1. The lowest BCUT2D eigenvalue weighted by Gasteiger charge is -2.22. The summed E-state index contributed by atoms with van der Waals surface area (Å²) in [6, 6.07) is 0. The number of quaternary nitrogens is 1. The molecule has 0 saturated heterocycles. The third-order valence-electron chi connectivity index (χ3n) is 1.90. The molecule has 1 heterocycles. The van der Waals surface area contributed by atoms with E-state index >= 15 is 0 Å². The van der Waals surface area contributed by atoms with Crippen molar-refractivity contribution in [3.05, 3.63) is 12.4 Å². The van der Waals surface area contributed by atoms with Crippen LogP contribution >= 0.6 is 17.0 Å². The zero-order valence-electron chi connectivity index (χ0n) is 7.86. The minimum Gasteiger partial charge on any atom is -0.325 e. The molecule has 1 aliphatic rings. The van der Waals surface area contributed by atoms with E-state index in [0.29, 0.717) is 4.59 Å². The van der Waals surface area contributed by atoms with Gasteiger partial charge >= 0.3 is 0 Å². The molecule has 1 atom stereocenters. The fraction of sp³-hybridized carbons (Fsp3) is 0.750. The average Bonchev–Trinajstić information content (AvgIpc) is 2.26. The van der Waals surface area contributed by atoms with Crippen molar-refractivity contribution >= 4 is 17.0 Å². The zero-order chi connectivity index (χ0) is 8.32. The molecule has 0 bridgehead atoms. The van der Waals surface area contributed by atoms with Gasteiger partial charge in [-0.3, -0.25) is 0 Å². The standard InChI is InChI=1S/C8H18N3.BrH/c1-3-4-5-10-6-7-11(2,9)8-10;/h6-7H,3-5,8-9H2,1-2H3;1H/q+1;. The van der Waals surface area contributed by atoms with Crippen LogP contribution in [0.25, 0.3) is 0 Å². The van der Waals surface area contributed by atoms with Crippen LogP contribution in [0.1, 0.15) is 19.8 Å². The number of hydrogen-bond acceptors (Lipinski definition) is 2. The molecule has 0 fully saturated rings. The number of rotatable bonds is 3. The summed E-state index contributed by atoms with van der Waals surface area (Å²) in [5.41, 5.74) is 0. The number of halogens is 1. The van der Waals surface area contributed by atoms with Crippen LogP contribution in [-0.4, -0.2) is 29.8 Å². The maximum atomic E-state index is 5.85. The van der Waals surface area contributed by atoms with Crippen molar-refractivity contribution in [2.24, 2.45) is 5.84 Å². The van der Waals surface area contributed by atoms with Gasteiger partial charge in [0.2, 0.25) is 0 Å². The maximum absolute atomic E-state index is 5.85. The highest BCUT2D eigenvalue weighted by Gasteiger charge is 2.22. The van der Waals surface area contributed by atoms with E-state index in [9.17, 15) is 0 Å². The van der Waals surface area contributed by atoms with Gasteiger partial charge in [-0.15, -0.1) is 17.0 Å². The Balaban J connectivity index is 0.00000121. The molecular weight excluding hydrogens is 218 g/mol. The molecule has 0 spiro atoms. The predicted molar refractivity (Wildman–Crippen MR) is 56.3 cm³/mol. The van der Waals surface area contributed by atoms with E-state index < -0.39 is 0 Å². The van der Waals surface area contributed by atoms with Gasteiger partial charge < -0.3 is 4.90 Å². The van der Waals surface area contributed by atoms with Crippen molar-refractivity contribution in [2.45, 2.75) is 19.8 Å². The minimum atomic E-state index is 0. The molecule has 4 heteroatoms. The molecule has 1 rings (SSSR count). The van der Waals surface area contributed by atoms with Crippen LogP contribution in [-0.2, 0) is 0 Å². The Morgan fingerprint density at radius 2 is 2.25 bits per heavy atom. The van der Waals surface area contributed by atoms with Crippen LogP contribution in [0.3, 0.4) is 0 Å². The van der Waals surface area contributed by atoms with E-state index in [0.717, 1.165) is 13.2 Å². The van der Waals surface area contributed by atoms with Gasteiger partial charge in [0.25, 0.3) is 0 Å². The smallest absolute Gasteiger partial charge is 0.176 e. The van der Waals surface area contributed by atoms with Gasteiger partial charge in [0, 0.05) is 6.54 Å². The molecular formula is C8H19BrN3+. The highest BCUT2D eigenvalue weighted by Crippen LogP contribution is 2.09. The summed E-state index contributed by atoms with van der Waals surface area (Å²) in [6.45, 7) is 4.26. The van der Waals surface area contributed by atoms with Gasteiger partial charge in [-0.25, -0.2) is 4.59 Å². The van der Waals surface area contributed by atoms with E-state index in [1.165, 1.54) is 12.8 Å². The quantitative estimate of drug-likeness (QED) is 0.594. The van der Waals surface area contributed by atoms with Crippen molar-refractivity contribution < 1.29 is 4.59 Å². The Labute approximate surface area is 85.2 Å². The molecule has 0 aromatic rings. The van der Waals surface area contributed by atoms with Crippen LogP contribution in [0.4, 0.5) is 0 Å². The molecule has 0 aromatic heterocycles. The zero-order valence-corrected chi connectivity index (χ0v) is 9.58. The van der Waals surface area contributed by atoms with Crippen molar-refractivity contribution in [3.8, 4) is 0 Å². The van der Waals surface area contributed by atoms with Gasteiger partial charge in [0.1, 0.15) is 6.20 Å². The van der Waals surface area contributed by atoms with Crippen molar-refractivity contribution in [1.82, 2.24) is 4.90 Å². The second-order valence-electron chi connectivity index (χ2n) is 3.45. The van der Waals surface area contributed by atoms with Gasteiger partial charge in [-0.05, 0) is 6.42 Å². The van der Waals surface area contributed by atoms with Gasteiger partial charge in [-0.1, -0.05) is 13.3 Å². The first-order valence-corrected chi connectivity index (χ1v) is 4.21. The molecule has 0 radical (unpaired) electrons. The van der Waals surface area contributed by atoms with E-state index in [2.05, 4.69) is 18.0 Å². The summed E-state index contributed by atoms with van der Waals surface area (Å²) in [7, 11) is 2.00. The topological polar surface area (TPSA) is 29.3 Å². The maximum Gasteiger partial charge on any atom is 0.176 e. The average molecular weight is 237 g/mol. The summed E-state index contributed by atoms with van der Waals surface area (Å²) in [5.74, 6) is 5.85. The lowest BCUT2D eigenvalue weighted by atomic mass is 10.3. The Hall–Kier alpha value is -0.0600. The number of nitrogens with two attached hydrogens (primary N) is 1. The molecule has 0 saturated carbocycles. The monoisotopic (exact) mass is 236 g/mol. The molecule has 12 heavy (non-hydrogen) atoms. The normalized spacial score (nSPS) is 27.4. The lowest BCUT2D eigenvalue weighted by Crippen LogP contribution is -2.47. The van der Waals surface area contributed by atoms with Crippen LogP contribution in [0.2, 0.25) is 0 Å². The van der Waals surface area contributed by atoms with E-state index in [4.69, 9.17) is 5.84 Å². The molecule has 72 valence electrons. The Bertz CT molecular complexity index is 156. The lowest BCUT2D eigenvalue weighted by molar-refractivity contribution is -0.873.